The van der Waals surface area contributed by atoms with Crippen LogP contribution in [0.25, 0.3) is 0 Å². The zero-order chi connectivity index (χ0) is 11.3. The molecular formula is C10H12FNO3. The number of ether oxygens (including phenoxy) is 1. The van der Waals surface area contributed by atoms with Crippen LogP contribution in [-0.2, 0) is 16.0 Å². The maximum atomic E-state index is 12.3. The van der Waals surface area contributed by atoms with Gasteiger partial charge in [0.1, 0.15) is 11.8 Å². The molecule has 0 spiro atoms. The largest absolute Gasteiger partial charge is 0.508 e. The number of carbonyl (C=O) groups excluding carboxylic acids is 1. The predicted octanol–water partition coefficient (Wildman–Crippen LogP) is 0.950. The number of hydrogen-bond acceptors (Lipinski definition) is 4. The van der Waals surface area contributed by atoms with Crippen molar-refractivity contribution in [1.82, 2.24) is 5.54 Å². The standard InChI is InChI=1S/C10H12FNO3/c1-15-10(14)9(12-11)6-7-2-4-8(13)5-3-7/h2-5,9,12-13H,6H2,1H3. The van der Waals surface area contributed by atoms with Gasteiger partial charge in [-0.15, -0.1) is 10.0 Å². The number of phenolic OH excluding ortho intramolecular Hbond substituents is 1. The van der Waals surface area contributed by atoms with Gasteiger partial charge in [0.25, 0.3) is 0 Å². The highest BCUT2D eigenvalue weighted by molar-refractivity contribution is 5.75. The van der Waals surface area contributed by atoms with Crippen LogP contribution in [-0.4, -0.2) is 24.2 Å². The molecule has 1 atom stereocenters. The van der Waals surface area contributed by atoms with Crippen molar-refractivity contribution < 1.29 is 19.1 Å². The van der Waals surface area contributed by atoms with Crippen molar-refractivity contribution in [2.75, 3.05) is 7.11 Å². The van der Waals surface area contributed by atoms with E-state index in [-0.39, 0.29) is 12.2 Å². The van der Waals surface area contributed by atoms with E-state index in [1.165, 1.54) is 24.8 Å². The van der Waals surface area contributed by atoms with Crippen molar-refractivity contribution in [3.05, 3.63) is 29.8 Å². The van der Waals surface area contributed by atoms with E-state index in [2.05, 4.69) is 4.74 Å². The first kappa shape index (κ1) is 11.5. The minimum atomic E-state index is -1.01. The fraction of sp³-hybridized carbons (Fsp3) is 0.300. The molecule has 0 fully saturated rings. The average Bonchev–Trinajstić information content (AvgIpc) is 2.27. The molecule has 0 heterocycles. The van der Waals surface area contributed by atoms with Crippen molar-refractivity contribution in [2.45, 2.75) is 12.5 Å². The molecule has 0 aliphatic rings. The van der Waals surface area contributed by atoms with Gasteiger partial charge in [-0.1, -0.05) is 12.1 Å². The number of phenols is 1. The topological polar surface area (TPSA) is 58.6 Å². The van der Waals surface area contributed by atoms with Crippen LogP contribution in [0.1, 0.15) is 5.56 Å². The number of rotatable bonds is 4. The van der Waals surface area contributed by atoms with E-state index in [4.69, 9.17) is 5.11 Å². The van der Waals surface area contributed by atoms with E-state index in [1.807, 2.05) is 0 Å². The van der Waals surface area contributed by atoms with E-state index in [0.29, 0.717) is 0 Å². The lowest BCUT2D eigenvalue weighted by molar-refractivity contribution is -0.144. The first-order chi connectivity index (χ1) is 7.17. The van der Waals surface area contributed by atoms with Crippen molar-refractivity contribution in [3.8, 4) is 5.75 Å². The smallest absolute Gasteiger partial charge is 0.325 e. The second-order valence-corrected chi connectivity index (χ2v) is 3.06. The molecule has 0 aliphatic carbocycles. The van der Waals surface area contributed by atoms with Gasteiger partial charge in [0.2, 0.25) is 0 Å². The first-order valence-corrected chi connectivity index (χ1v) is 4.39. The van der Waals surface area contributed by atoms with E-state index in [9.17, 15) is 9.28 Å². The highest BCUT2D eigenvalue weighted by Gasteiger charge is 2.18. The lowest BCUT2D eigenvalue weighted by atomic mass is 10.1. The molecule has 0 radical (unpaired) electrons. The van der Waals surface area contributed by atoms with Gasteiger partial charge in [-0.25, -0.2) is 0 Å². The zero-order valence-corrected chi connectivity index (χ0v) is 8.24. The summed E-state index contributed by atoms with van der Waals surface area (Å²) in [5.74, 6) is -0.535. The molecule has 0 bridgehead atoms. The number of methoxy groups -OCH3 is 1. The van der Waals surface area contributed by atoms with Crippen LogP contribution in [0, 0.1) is 0 Å². The molecule has 82 valence electrons. The fourth-order valence-corrected chi connectivity index (χ4v) is 1.18. The Labute approximate surface area is 86.6 Å². The lowest BCUT2D eigenvalue weighted by Crippen LogP contribution is -2.34. The second kappa shape index (κ2) is 5.31. The van der Waals surface area contributed by atoms with Gasteiger partial charge >= 0.3 is 5.97 Å². The molecular weight excluding hydrogens is 201 g/mol. The fourth-order valence-electron chi connectivity index (χ4n) is 1.18. The summed E-state index contributed by atoms with van der Waals surface area (Å²) in [6.07, 6.45) is 0.170. The molecule has 0 saturated heterocycles. The maximum Gasteiger partial charge on any atom is 0.325 e. The summed E-state index contributed by atoms with van der Waals surface area (Å²) in [6, 6.07) is 5.16. The highest BCUT2D eigenvalue weighted by atomic mass is 19.2. The van der Waals surface area contributed by atoms with Gasteiger partial charge in [-0.2, -0.15) is 0 Å². The monoisotopic (exact) mass is 213 g/mol. The van der Waals surface area contributed by atoms with Crippen molar-refractivity contribution in [3.63, 3.8) is 0 Å². The molecule has 1 unspecified atom stereocenters. The number of nitrogens with one attached hydrogen (secondary N) is 1. The van der Waals surface area contributed by atoms with Crippen LogP contribution in [0.5, 0.6) is 5.75 Å². The Balaban J connectivity index is 2.66. The Bertz CT molecular complexity index is 326. The molecule has 15 heavy (non-hydrogen) atoms. The predicted molar refractivity (Wildman–Crippen MR) is 51.9 cm³/mol. The summed E-state index contributed by atoms with van der Waals surface area (Å²) in [6.45, 7) is 0. The summed E-state index contributed by atoms with van der Waals surface area (Å²) in [5.41, 5.74) is 2.11. The normalized spacial score (nSPS) is 12.1. The third-order valence-electron chi connectivity index (χ3n) is 1.99. The molecule has 1 aromatic carbocycles. The molecule has 4 nitrogen and oxygen atoms in total. The number of aromatic hydroxyl groups is 1. The quantitative estimate of drug-likeness (QED) is 0.577. The molecule has 1 aromatic rings. The van der Waals surface area contributed by atoms with Gasteiger partial charge in [0.05, 0.1) is 7.11 Å². The van der Waals surface area contributed by atoms with E-state index in [0.717, 1.165) is 5.56 Å². The average molecular weight is 213 g/mol. The minimum Gasteiger partial charge on any atom is -0.508 e. The van der Waals surface area contributed by atoms with Gasteiger partial charge in [-0.3, -0.25) is 4.79 Å². The number of esters is 1. The Morgan fingerprint density at radius 1 is 1.53 bits per heavy atom. The third kappa shape index (κ3) is 3.21. The second-order valence-electron chi connectivity index (χ2n) is 3.06. The molecule has 0 amide bonds. The molecule has 0 aliphatic heterocycles. The molecule has 5 heteroatoms. The maximum absolute atomic E-state index is 12.3. The number of halogens is 1. The van der Waals surface area contributed by atoms with Crippen LogP contribution in [0.3, 0.4) is 0 Å². The van der Waals surface area contributed by atoms with Crippen molar-refractivity contribution >= 4 is 5.97 Å². The summed E-state index contributed by atoms with van der Waals surface area (Å²) in [4.78, 5) is 11.0. The van der Waals surface area contributed by atoms with Gasteiger partial charge < -0.3 is 9.84 Å². The molecule has 0 aromatic heterocycles. The number of carbonyl (C=O) groups is 1. The van der Waals surface area contributed by atoms with E-state index < -0.39 is 12.0 Å². The van der Waals surface area contributed by atoms with Crippen LogP contribution >= 0.6 is 0 Å². The summed E-state index contributed by atoms with van der Waals surface area (Å²) < 4.78 is 16.7. The summed E-state index contributed by atoms with van der Waals surface area (Å²) in [5, 5.41) is 9.02. The van der Waals surface area contributed by atoms with E-state index >= 15 is 0 Å². The Morgan fingerprint density at radius 3 is 2.60 bits per heavy atom. The van der Waals surface area contributed by atoms with Crippen LogP contribution in [0.4, 0.5) is 4.48 Å². The van der Waals surface area contributed by atoms with Crippen LogP contribution in [0.2, 0.25) is 0 Å². The Hall–Kier alpha value is -1.62. The lowest BCUT2D eigenvalue weighted by Gasteiger charge is -2.10. The molecule has 0 saturated carbocycles. The zero-order valence-electron chi connectivity index (χ0n) is 8.24. The Morgan fingerprint density at radius 2 is 2.13 bits per heavy atom. The Kier molecular flexibility index (Phi) is 4.05. The SMILES string of the molecule is COC(=O)C(Cc1ccc(O)cc1)NF. The summed E-state index contributed by atoms with van der Waals surface area (Å²) in [7, 11) is 1.20. The molecule has 2 N–H and O–H groups in total. The first-order valence-electron chi connectivity index (χ1n) is 4.39. The van der Waals surface area contributed by atoms with Gasteiger partial charge in [0, 0.05) is 6.42 Å². The van der Waals surface area contributed by atoms with Gasteiger partial charge in [-0.05, 0) is 17.7 Å². The number of benzene rings is 1. The number of hydrogen-bond donors (Lipinski definition) is 2. The third-order valence-corrected chi connectivity index (χ3v) is 1.99. The molecule has 1 rings (SSSR count). The van der Waals surface area contributed by atoms with Gasteiger partial charge in [0.15, 0.2) is 0 Å². The van der Waals surface area contributed by atoms with Crippen molar-refractivity contribution in [2.24, 2.45) is 0 Å². The van der Waals surface area contributed by atoms with E-state index in [1.54, 1.807) is 12.1 Å². The highest BCUT2D eigenvalue weighted by Crippen LogP contribution is 2.11. The minimum absolute atomic E-state index is 0.126. The van der Waals surface area contributed by atoms with Crippen molar-refractivity contribution in [1.29, 1.82) is 0 Å². The summed E-state index contributed by atoms with van der Waals surface area (Å²) >= 11 is 0. The van der Waals surface area contributed by atoms with Crippen LogP contribution < -0.4 is 5.54 Å². The van der Waals surface area contributed by atoms with Crippen LogP contribution in [0.15, 0.2) is 24.3 Å².